The van der Waals surface area contributed by atoms with Gasteiger partial charge in [-0.2, -0.15) is 10.1 Å². The van der Waals surface area contributed by atoms with Gasteiger partial charge in [0.2, 0.25) is 11.8 Å². The van der Waals surface area contributed by atoms with Gasteiger partial charge >= 0.3 is 5.97 Å². The number of carbonyl (C=O) groups excluding carboxylic acids is 1. The SMILES string of the molecule is CCOC(=O)Cn1cc(-c2nc(-n3ccnc3)nc(OCc3ccc(OC)cc3)c2C(C)C)cn1. The number of aromatic nitrogens is 6. The van der Waals surface area contributed by atoms with Crippen molar-refractivity contribution >= 4 is 5.97 Å². The molecule has 0 saturated carbocycles. The third kappa shape index (κ3) is 5.65. The van der Waals surface area contributed by atoms with Crippen LogP contribution in [0.5, 0.6) is 11.6 Å². The van der Waals surface area contributed by atoms with Crippen LogP contribution in [0.15, 0.2) is 55.4 Å². The molecule has 0 spiro atoms. The van der Waals surface area contributed by atoms with Crippen molar-refractivity contribution < 1.29 is 19.0 Å². The first-order chi connectivity index (χ1) is 17.0. The Labute approximate surface area is 203 Å². The fourth-order valence-corrected chi connectivity index (χ4v) is 3.57. The molecule has 0 bridgehead atoms. The summed E-state index contributed by atoms with van der Waals surface area (Å²) in [4.78, 5) is 25.6. The lowest BCUT2D eigenvalue weighted by Crippen LogP contribution is -2.13. The van der Waals surface area contributed by atoms with E-state index in [1.54, 1.807) is 49.7 Å². The lowest BCUT2D eigenvalue weighted by atomic mass is 9.99. The molecule has 3 heterocycles. The molecule has 0 aliphatic carbocycles. The maximum absolute atomic E-state index is 11.9. The topological polar surface area (TPSA) is 106 Å². The minimum absolute atomic E-state index is 0.0190. The van der Waals surface area contributed by atoms with E-state index in [9.17, 15) is 4.79 Å². The molecule has 4 aromatic rings. The van der Waals surface area contributed by atoms with Gasteiger partial charge in [-0.05, 0) is 30.5 Å². The molecular formula is C25H28N6O4. The normalized spacial score (nSPS) is 11.0. The predicted molar refractivity (Wildman–Crippen MR) is 128 cm³/mol. The van der Waals surface area contributed by atoms with Gasteiger partial charge in [0.1, 0.15) is 25.2 Å². The van der Waals surface area contributed by atoms with Crippen molar-refractivity contribution in [3.63, 3.8) is 0 Å². The van der Waals surface area contributed by atoms with Gasteiger partial charge in [-0.15, -0.1) is 0 Å². The Morgan fingerprint density at radius 1 is 1.14 bits per heavy atom. The molecule has 0 aliphatic heterocycles. The van der Waals surface area contributed by atoms with Crippen LogP contribution in [0.1, 0.15) is 37.8 Å². The van der Waals surface area contributed by atoms with Crippen molar-refractivity contribution in [3.8, 4) is 28.8 Å². The average Bonchev–Trinajstić information content (AvgIpc) is 3.55. The van der Waals surface area contributed by atoms with Gasteiger partial charge in [0.15, 0.2) is 0 Å². The highest BCUT2D eigenvalue weighted by atomic mass is 16.5. The summed E-state index contributed by atoms with van der Waals surface area (Å²) in [6.45, 7) is 6.55. The number of benzene rings is 1. The maximum Gasteiger partial charge on any atom is 0.327 e. The highest BCUT2D eigenvalue weighted by Crippen LogP contribution is 2.35. The van der Waals surface area contributed by atoms with E-state index >= 15 is 0 Å². The first kappa shape index (κ1) is 23.9. The molecular weight excluding hydrogens is 448 g/mol. The molecule has 10 nitrogen and oxygen atoms in total. The molecule has 0 radical (unpaired) electrons. The molecule has 182 valence electrons. The van der Waals surface area contributed by atoms with Gasteiger partial charge < -0.3 is 14.2 Å². The molecule has 0 unspecified atom stereocenters. The second-order valence-electron chi connectivity index (χ2n) is 8.08. The van der Waals surface area contributed by atoms with Crippen molar-refractivity contribution in [2.75, 3.05) is 13.7 Å². The summed E-state index contributed by atoms with van der Waals surface area (Å²) in [6, 6.07) is 7.68. The number of hydrogen-bond donors (Lipinski definition) is 0. The molecule has 3 aromatic heterocycles. The molecule has 0 atom stereocenters. The molecule has 4 rings (SSSR count). The van der Waals surface area contributed by atoms with Gasteiger partial charge in [0.25, 0.3) is 0 Å². The second kappa shape index (κ2) is 10.8. The van der Waals surface area contributed by atoms with Crippen molar-refractivity contribution in [1.82, 2.24) is 29.3 Å². The summed E-state index contributed by atoms with van der Waals surface area (Å²) in [5.74, 6) is 1.38. The van der Waals surface area contributed by atoms with Gasteiger partial charge in [0, 0.05) is 29.7 Å². The van der Waals surface area contributed by atoms with Gasteiger partial charge in [-0.25, -0.2) is 9.97 Å². The lowest BCUT2D eigenvalue weighted by molar-refractivity contribution is -0.144. The first-order valence-electron chi connectivity index (χ1n) is 11.3. The molecule has 0 N–H and O–H groups in total. The van der Waals surface area contributed by atoms with Gasteiger partial charge in [-0.1, -0.05) is 26.0 Å². The zero-order valence-corrected chi connectivity index (χ0v) is 20.2. The van der Waals surface area contributed by atoms with Gasteiger partial charge in [0.05, 0.1) is 25.6 Å². The van der Waals surface area contributed by atoms with E-state index in [1.807, 2.05) is 24.3 Å². The van der Waals surface area contributed by atoms with Crippen LogP contribution in [0.25, 0.3) is 17.2 Å². The first-order valence-corrected chi connectivity index (χ1v) is 11.3. The Kier molecular flexibility index (Phi) is 7.39. The summed E-state index contributed by atoms with van der Waals surface area (Å²) in [5, 5.41) is 4.33. The van der Waals surface area contributed by atoms with Crippen LogP contribution in [-0.4, -0.2) is 49.0 Å². The van der Waals surface area contributed by atoms with E-state index < -0.39 is 0 Å². The second-order valence-corrected chi connectivity index (χ2v) is 8.08. The Bertz CT molecular complexity index is 1270. The fourth-order valence-electron chi connectivity index (χ4n) is 3.57. The third-order valence-corrected chi connectivity index (χ3v) is 5.25. The fraction of sp³-hybridized carbons (Fsp3) is 0.320. The standard InChI is InChI=1S/C25H28N6O4/c1-5-34-21(32)14-31-13-19(12-27-31)23-22(17(2)3)24(29-25(28-23)30-11-10-26-16-30)35-15-18-6-8-20(33-4)9-7-18/h6-13,16-17H,5,14-15H2,1-4H3. The Morgan fingerprint density at radius 3 is 2.60 bits per heavy atom. The third-order valence-electron chi connectivity index (χ3n) is 5.25. The number of hydrogen-bond acceptors (Lipinski definition) is 8. The minimum Gasteiger partial charge on any atom is -0.497 e. The van der Waals surface area contributed by atoms with Crippen LogP contribution < -0.4 is 9.47 Å². The van der Waals surface area contributed by atoms with Crippen LogP contribution in [0.4, 0.5) is 0 Å². The van der Waals surface area contributed by atoms with Crippen molar-refractivity contribution in [1.29, 1.82) is 0 Å². The molecule has 10 heteroatoms. The summed E-state index contributed by atoms with van der Waals surface area (Å²) in [5.41, 5.74) is 3.25. The maximum atomic E-state index is 11.9. The highest BCUT2D eigenvalue weighted by molar-refractivity contribution is 5.70. The smallest absolute Gasteiger partial charge is 0.327 e. The van der Waals surface area contributed by atoms with Gasteiger partial charge in [-0.3, -0.25) is 14.0 Å². The van der Waals surface area contributed by atoms with E-state index in [2.05, 4.69) is 23.9 Å². The Morgan fingerprint density at radius 2 is 1.94 bits per heavy atom. The molecule has 0 amide bonds. The quantitative estimate of drug-likeness (QED) is 0.318. The number of rotatable bonds is 10. The highest BCUT2D eigenvalue weighted by Gasteiger charge is 2.22. The minimum atomic E-state index is -0.350. The number of imidazole rings is 1. The summed E-state index contributed by atoms with van der Waals surface area (Å²) < 4.78 is 19.8. The number of methoxy groups -OCH3 is 1. The monoisotopic (exact) mass is 476 g/mol. The molecule has 0 fully saturated rings. The van der Waals surface area contributed by atoms with Crippen LogP contribution in [-0.2, 0) is 22.7 Å². The summed E-state index contributed by atoms with van der Waals surface area (Å²) >= 11 is 0. The van der Waals surface area contributed by atoms with E-state index in [0.717, 1.165) is 22.4 Å². The van der Waals surface area contributed by atoms with E-state index in [-0.39, 0.29) is 18.4 Å². The van der Waals surface area contributed by atoms with Crippen LogP contribution >= 0.6 is 0 Å². The van der Waals surface area contributed by atoms with Crippen LogP contribution in [0.3, 0.4) is 0 Å². The molecule has 0 saturated heterocycles. The van der Waals surface area contributed by atoms with E-state index in [0.29, 0.717) is 30.7 Å². The van der Waals surface area contributed by atoms with Crippen molar-refractivity contribution in [3.05, 3.63) is 66.5 Å². The lowest BCUT2D eigenvalue weighted by Gasteiger charge is -2.18. The zero-order chi connectivity index (χ0) is 24.8. The number of ether oxygens (including phenoxy) is 3. The molecule has 0 aliphatic rings. The van der Waals surface area contributed by atoms with Crippen LogP contribution in [0.2, 0.25) is 0 Å². The summed E-state index contributed by atoms with van der Waals surface area (Å²) in [7, 11) is 1.63. The molecule has 35 heavy (non-hydrogen) atoms. The largest absolute Gasteiger partial charge is 0.497 e. The van der Waals surface area contributed by atoms with Crippen molar-refractivity contribution in [2.45, 2.75) is 39.8 Å². The number of carbonyl (C=O) groups is 1. The Hall–Kier alpha value is -4.21. The molecule has 1 aromatic carbocycles. The summed E-state index contributed by atoms with van der Waals surface area (Å²) in [6.07, 6.45) is 8.51. The Balaban J connectivity index is 1.72. The average molecular weight is 477 g/mol. The van der Waals surface area contributed by atoms with Crippen molar-refractivity contribution in [2.24, 2.45) is 0 Å². The van der Waals surface area contributed by atoms with E-state index in [4.69, 9.17) is 24.2 Å². The predicted octanol–water partition coefficient (Wildman–Crippen LogP) is 3.80. The van der Waals surface area contributed by atoms with Crippen LogP contribution in [0, 0.1) is 0 Å². The van der Waals surface area contributed by atoms with E-state index in [1.165, 1.54) is 4.68 Å². The zero-order valence-electron chi connectivity index (χ0n) is 20.2. The number of esters is 1. The number of nitrogens with zero attached hydrogens (tertiary/aromatic N) is 6.